The summed E-state index contributed by atoms with van der Waals surface area (Å²) < 4.78 is 3.16. The van der Waals surface area contributed by atoms with E-state index in [1.807, 2.05) is 22.6 Å². The highest BCUT2D eigenvalue weighted by Crippen LogP contribution is 2.29. The van der Waals surface area contributed by atoms with Crippen LogP contribution in [0.3, 0.4) is 0 Å². The average molecular weight is 278 g/mol. The highest BCUT2D eigenvalue weighted by Gasteiger charge is 2.13. The molecule has 1 amide bonds. The Labute approximate surface area is 111 Å². The second-order valence-corrected chi connectivity index (χ2v) is 5.58. The summed E-state index contributed by atoms with van der Waals surface area (Å²) in [5, 5.41) is 11.6. The summed E-state index contributed by atoms with van der Waals surface area (Å²) >= 11 is 2.99. The quantitative estimate of drug-likeness (QED) is 0.742. The van der Waals surface area contributed by atoms with Crippen molar-refractivity contribution in [3.8, 4) is 0 Å². The van der Waals surface area contributed by atoms with E-state index in [4.69, 9.17) is 0 Å². The van der Waals surface area contributed by atoms with Crippen LogP contribution in [0.4, 0.5) is 0 Å². The number of fused-ring (bicyclic) bond motifs is 3. The summed E-state index contributed by atoms with van der Waals surface area (Å²) in [6.45, 7) is 0. The van der Waals surface area contributed by atoms with Gasteiger partial charge in [0.2, 0.25) is 10.9 Å². The zero-order valence-electron chi connectivity index (χ0n) is 9.58. The molecule has 3 rings (SSSR count). The molecule has 1 aromatic carbocycles. The predicted molar refractivity (Wildman–Crippen MR) is 73.2 cm³/mol. The van der Waals surface area contributed by atoms with Crippen molar-refractivity contribution in [2.24, 2.45) is 0 Å². The Balaban J connectivity index is 2.04. The summed E-state index contributed by atoms with van der Waals surface area (Å²) in [7, 11) is 1.63. The van der Waals surface area contributed by atoms with Crippen LogP contribution in [0, 0.1) is 0 Å². The van der Waals surface area contributed by atoms with E-state index in [0.29, 0.717) is 5.75 Å². The van der Waals surface area contributed by atoms with Crippen LogP contribution in [-0.4, -0.2) is 33.3 Å². The number of benzene rings is 1. The van der Waals surface area contributed by atoms with Crippen LogP contribution in [0.2, 0.25) is 0 Å². The molecule has 0 aliphatic heterocycles. The molecule has 1 N–H and O–H groups in total. The Morgan fingerprint density at radius 1 is 1.44 bits per heavy atom. The number of carbonyl (C=O) groups is 1. The van der Waals surface area contributed by atoms with E-state index < -0.39 is 0 Å². The minimum Gasteiger partial charge on any atom is -0.358 e. The van der Waals surface area contributed by atoms with Crippen LogP contribution in [0.25, 0.3) is 15.2 Å². The third-order valence-electron chi connectivity index (χ3n) is 2.52. The number of amides is 1. The van der Waals surface area contributed by atoms with Gasteiger partial charge in [0.25, 0.3) is 0 Å². The van der Waals surface area contributed by atoms with Gasteiger partial charge in [0.1, 0.15) is 0 Å². The van der Waals surface area contributed by atoms with Crippen LogP contribution in [-0.2, 0) is 4.79 Å². The van der Waals surface area contributed by atoms with Crippen molar-refractivity contribution in [3.63, 3.8) is 0 Å². The zero-order valence-corrected chi connectivity index (χ0v) is 11.2. The van der Waals surface area contributed by atoms with Gasteiger partial charge in [0.15, 0.2) is 5.16 Å². The van der Waals surface area contributed by atoms with E-state index in [2.05, 4.69) is 21.6 Å². The van der Waals surface area contributed by atoms with Gasteiger partial charge in [0.05, 0.1) is 16.0 Å². The van der Waals surface area contributed by atoms with Gasteiger partial charge in [0, 0.05) is 7.05 Å². The molecule has 0 fully saturated rings. The standard InChI is InChI=1S/C11H10N4OS2/c1-12-9(16)6-17-10-13-14-11-15(10)7-4-2-3-5-8(7)18-11/h2-5H,6H2,1H3,(H,12,16). The molecule has 0 atom stereocenters. The van der Waals surface area contributed by atoms with Crippen molar-refractivity contribution in [1.29, 1.82) is 0 Å². The topological polar surface area (TPSA) is 59.3 Å². The first kappa shape index (κ1) is 11.5. The molecule has 0 saturated carbocycles. The van der Waals surface area contributed by atoms with Gasteiger partial charge in [-0.1, -0.05) is 35.2 Å². The lowest BCUT2D eigenvalue weighted by molar-refractivity contribution is -0.118. The van der Waals surface area contributed by atoms with Crippen molar-refractivity contribution in [2.45, 2.75) is 5.16 Å². The van der Waals surface area contributed by atoms with Crippen molar-refractivity contribution < 1.29 is 4.79 Å². The Morgan fingerprint density at radius 2 is 2.28 bits per heavy atom. The molecule has 0 saturated heterocycles. The minimum atomic E-state index is -0.0173. The Morgan fingerprint density at radius 3 is 3.11 bits per heavy atom. The van der Waals surface area contributed by atoms with Crippen molar-refractivity contribution in [3.05, 3.63) is 24.3 Å². The number of rotatable bonds is 3. The van der Waals surface area contributed by atoms with E-state index >= 15 is 0 Å². The third kappa shape index (κ3) is 1.85. The summed E-state index contributed by atoms with van der Waals surface area (Å²) in [6, 6.07) is 8.08. The van der Waals surface area contributed by atoms with E-state index in [-0.39, 0.29) is 5.91 Å². The van der Waals surface area contributed by atoms with Crippen LogP contribution in [0.1, 0.15) is 0 Å². The molecule has 0 aliphatic rings. The lowest BCUT2D eigenvalue weighted by atomic mass is 10.3. The first-order valence-electron chi connectivity index (χ1n) is 5.35. The number of hydrogen-bond acceptors (Lipinski definition) is 5. The van der Waals surface area contributed by atoms with Gasteiger partial charge in [-0.3, -0.25) is 9.20 Å². The summed E-state index contributed by atoms with van der Waals surface area (Å²) in [4.78, 5) is 12.1. The van der Waals surface area contributed by atoms with Crippen LogP contribution < -0.4 is 5.32 Å². The Bertz CT molecular complexity index is 718. The zero-order chi connectivity index (χ0) is 12.5. The summed E-state index contributed by atoms with van der Waals surface area (Å²) in [6.07, 6.45) is 0. The summed E-state index contributed by atoms with van der Waals surface area (Å²) in [5.74, 6) is 0.331. The molecule has 0 unspecified atom stereocenters. The van der Waals surface area contributed by atoms with Crippen LogP contribution in [0.15, 0.2) is 29.4 Å². The predicted octanol–water partition coefficient (Wildman–Crippen LogP) is 1.78. The number of carbonyl (C=O) groups excluding carboxylic acids is 1. The van der Waals surface area contributed by atoms with Gasteiger partial charge in [-0.25, -0.2) is 0 Å². The van der Waals surface area contributed by atoms with E-state index in [1.54, 1.807) is 18.4 Å². The van der Waals surface area contributed by atoms with Crippen molar-refractivity contribution in [2.75, 3.05) is 12.8 Å². The highest BCUT2D eigenvalue weighted by atomic mass is 32.2. The molecular weight excluding hydrogens is 268 g/mol. The maximum atomic E-state index is 11.3. The molecule has 18 heavy (non-hydrogen) atoms. The van der Waals surface area contributed by atoms with Gasteiger partial charge in [-0.2, -0.15) is 0 Å². The van der Waals surface area contributed by atoms with Gasteiger partial charge >= 0.3 is 0 Å². The fourth-order valence-electron chi connectivity index (χ4n) is 1.65. The first-order chi connectivity index (χ1) is 8.79. The van der Waals surface area contributed by atoms with Gasteiger partial charge < -0.3 is 5.32 Å². The largest absolute Gasteiger partial charge is 0.358 e. The van der Waals surface area contributed by atoms with Crippen LogP contribution >= 0.6 is 23.1 Å². The normalized spacial score (nSPS) is 11.2. The average Bonchev–Trinajstić information content (AvgIpc) is 2.94. The SMILES string of the molecule is CNC(=O)CSc1nnc2sc3ccccc3n12. The lowest BCUT2D eigenvalue weighted by Gasteiger charge is -1.98. The molecule has 7 heteroatoms. The molecule has 0 bridgehead atoms. The second kappa shape index (κ2) is 4.58. The van der Waals surface area contributed by atoms with Gasteiger partial charge in [-0.05, 0) is 12.1 Å². The van der Waals surface area contributed by atoms with Gasteiger partial charge in [-0.15, -0.1) is 10.2 Å². The molecule has 0 spiro atoms. The minimum absolute atomic E-state index is 0.0173. The molecule has 5 nitrogen and oxygen atoms in total. The third-order valence-corrected chi connectivity index (χ3v) is 4.46. The smallest absolute Gasteiger partial charge is 0.230 e. The molecular formula is C11H10N4OS2. The van der Waals surface area contributed by atoms with E-state index in [1.165, 1.54) is 16.5 Å². The van der Waals surface area contributed by atoms with Crippen molar-refractivity contribution >= 4 is 44.2 Å². The Hall–Kier alpha value is -1.60. The molecule has 2 heterocycles. The Kier molecular flexibility index (Phi) is 2.92. The highest BCUT2D eigenvalue weighted by molar-refractivity contribution is 7.99. The van der Waals surface area contributed by atoms with Crippen molar-refractivity contribution in [1.82, 2.24) is 19.9 Å². The number of nitrogens with zero attached hydrogens (tertiary/aromatic N) is 3. The summed E-state index contributed by atoms with van der Waals surface area (Å²) in [5.41, 5.74) is 1.09. The fraction of sp³-hybridized carbons (Fsp3) is 0.182. The molecule has 92 valence electrons. The number of aromatic nitrogens is 3. The lowest BCUT2D eigenvalue weighted by Crippen LogP contribution is -2.19. The molecule has 3 aromatic rings. The number of hydrogen-bond donors (Lipinski definition) is 1. The maximum Gasteiger partial charge on any atom is 0.230 e. The molecule has 2 aromatic heterocycles. The fourth-order valence-corrected chi connectivity index (χ4v) is 3.49. The number of thiazole rings is 1. The number of para-hydroxylation sites is 1. The van der Waals surface area contributed by atoms with Crippen LogP contribution in [0.5, 0.6) is 0 Å². The maximum absolute atomic E-state index is 11.3. The first-order valence-corrected chi connectivity index (χ1v) is 7.16. The number of nitrogens with one attached hydrogen (secondary N) is 1. The monoisotopic (exact) mass is 278 g/mol. The molecule has 0 aliphatic carbocycles. The second-order valence-electron chi connectivity index (χ2n) is 3.63. The van der Waals surface area contributed by atoms with E-state index in [0.717, 1.165) is 15.6 Å². The molecule has 0 radical (unpaired) electrons. The van der Waals surface area contributed by atoms with E-state index in [9.17, 15) is 4.79 Å². The number of thioether (sulfide) groups is 1.